The Hall–Kier alpha value is -4.53. The molecule has 45 heavy (non-hydrogen) atoms. The molecule has 2 aromatic carbocycles. The molecule has 8 N–H and O–H groups in total. The number of phenolic OH excluding ortho intramolecular Hbond substituents is 3. The van der Waals surface area contributed by atoms with E-state index in [9.17, 15) is 65.4 Å². The molecule has 1 aromatic heterocycles. The molecule has 0 unspecified atom stereocenters. The van der Waals surface area contributed by atoms with Gasteiger partial charge in [-0.2, -0.15) is 0 Å². The average molecular weight is 636 g/mol. The maximum atomic E-state index is 12.8. The number of aliphatic carboxylic acids is 2. The van der Waals surface area contributed by atoms with E-state index in [1.165, 1.54) is 6.07 Å². The van der Waals surface area contributed by atoms with Gasteiger partial charge in [0.05, 0.1) is 11.9 Å². The number of hydrogen-bond acceptors (Lipinski definition) is 18. The van der Waals surface area contributed by atoms with Gasteiger partial charge in [0, 0.05) is 23.8 Å². The molecule has 0 saturated carbocycles. The molecule has 0 bridgehead atoms. The number of aliphatic hydroxyl groups is 5. The number of carboxylic acid groups (broad SMARTS) is 2. The molecule has 2 aliphatic heterocycles. The molecule has 3 aromatic rings. The fourth-order valence-electron chi connectivity index (χ4n) is 4.85. The second kappa shape index (κ2) is 12.1. The average Bonchev–Trinajstić information content (AvgIpc) is 2.97. The smallest absolute Gasteiger partial charge is 0.229 e. The van der Waals surface area contributed by atoms with Gasteiger partial charge in [-0.25, -0.2) is 0 Å². The third-order valence-electron chi connectivity index (χ3n) is 7.17. The molecule has 2 aliphatic rings. The summed E-state index contributed by atoms with van der Waals surface area (Å²) in [6, 6.07) is 6.42. The molecule has 2 fully saturated rings. The van der Waals surface area contributed by atoms with Crippen molar-refractivity contribution in [2.75, 3.05) is 0 Å². The largest absolute Gasteiger partial charge is 0.547 e. The molecule has 0 radical (unpaired) electrons. The number of carboxylic acids is 2. The van der Waals surface area contributed by atoms with E-state index in [0.29, 0.717) is 0 Å². The van der Waals surface area contributed by atoms with Gasteiger partial charge in [0.1, 0.15) is 71.0 Å². The number of aliphatic hydroxyl groups excluding tert-OH is 5. The third-order valence-corrected chi connectivity index (χ3v) is 7.17. The zero-order valence-corrected chi connectivity index (χ0v) is 22.4. The van der Waals surface area contributed by atoms with Crippen LogP contribution in [0.25, 0.3) is 22.3 Å². The second-order valence-corrected chi connectivity index (χ2v) is 10.2. The van der Waals surface area contributed by atoms with Crippen molar-refractivity contribution in [3.8, 4) is 34.3 Å². The van der Waals surface area contributed by atoms with Crippen LogP contribution in [0.5, 0.6) is 23.0 Å². The number of aromatic hydroxyl groups is 3. The molecule has 242 valence electrons. The Morgan fingerprint density at radius 1 is 0.711 bits per heavy atom. The summed E-state index contributed by atoms with van der Waals surface area (Å²) in [5.74, 6) is -6.25. The summed E-state index contributed by atoms with van der Waals surface area (Å²) in [6.07, 6.45) is -21.7. The van der Waals surface area contributed by atoms with Crippen LogP contribution >= 0.6 is 0 Å². The highest BCUT2D eigenvalue weighted by molar-refractivity contribution is 5.86. The van der Waals surface area contributed by atoms with Gasteiger partial charge >= 0.3 is 0 Å². The number of phenols is 3. The number of carbonyl (C=O) groups excluding carboxylic acids is 2. The Balaban J connectivity index is 1.51. The Bertz CT molecular complexity index is 1670. The molecule has 0 spiro atoms. The second-order valence-electron chi connectivity index (χ2n) is 10.2. The van der Waals surface area contributed by atoms with Crippen molar-refractivity contribution in [3.05, 3.63) is 46.6 Å². The van der Waals surface area contributed by atoms with Gasteiger partial charge in [0.15, 0.2) is 29.3 Å². The molecule has 0 amide bonds. The van der Waals surface area contributed by atoms with E-state index in [0.717, 1.165) is 30.3 Å². The van der Waals surface area contributed by atoms with Crippen LogP contribution in [0.15, 0.2) is 45.6 Å². The Morgan fingerprint density at radius 3 is 1.96 bits per heavy atom. The maximum absolute atomic E-state index is 12.8. The molecular formula is C27H24O18-2. The van der Waals surface area contributed by atoms with E-state index in [1.54, 1.807) is 0 Å². The minimum absolute atomic E-state index is 0.128. The summed E-state index contributed by atoms with van der Waals surface area (Å²) in [5.41, 5.74) is -0.924. The van der Waals surface area contributed by atoms with Crippen molar-refractivity contribution in [1.29, 1.82) is 0 Å². The van der Waals surface area contributed by atoms with E-state index in [-0.39, 0.29) is 22.3 Å². The highest BCUT2D eigenvalue weighted by Gasteiger charge is 2.52. The summed E-state index contributed by atoms with van der Waals surface area (Å²) >= 11 is 0. The Kier molecular flexibility index (Phi) is 8.58. The fraction of sp³-hybridized carbons (Fsp3) is 0.370. The Morgan fingerprint density at radius 2 is 1.33 bits per heavy atom. The minimum atomic E-state index is -2.25. The lowest BCUT2D eigenvalue weighted by Crippen LogP contribution is -2.67. The Labute approximate surface area is 249 Å². The van der Waals surface area contributed by atoms with Crippen molar-refractivity contribution in [3.63, 3.8) is 0 Å². The van der Waals surface area contributed by atoms with E-state index in [4.69, 9.17) is 23.4 Å². The molecule has 18 nitrogen and oxygen atoms in total. The summed E-state index contributed by atoms with van der Waals surface area (Å²) in [7, 11) is 0. The summed E-state index contributed by atoms with van der Waals surface area (Å²) < 4.78 is 26.8. The van der Waals surface area contributed by atoms with Crippen LogP contribution in [0, 0.1) is 0 Å². The van der Waals surface area contributed by atoms with Crippen molar-refractivity contribution in [1.82, 2.24) is 0 Å². The van der Waals surface area contributed by atoms with Crippen LogP contribution in [-0.2, 0) is 23.8 Å². The van der Waals surface area contributed by atoms with Crippen molar-refractivity contribution in [2.24, 2.45) is 0 Å². The number of fused-ring (bicyclic) bond motifs is 1. The minimum Gasteiger partial charge on any atom is -0.547 e. The van der Waals surface area contributed by atoms with Gasteiger partial charge in [0.2, 0.25) is 6.29 Å². The van der Waals surface area contributed by atoms with Gasteiger partial charge in [-0.05, 0) is 18.2 Å². The van der Waals surface area contributed by atoms with Crippen LogP contribution in [0.3, 0.4) is 0 Å². The van der Waals surface area contributed by atoms with E-state index >= 15 is 0 Å². The zero-order valence-electron chi connectivity index (χ0n) is 22.4. The van der Waals surface area contributed by atoms with Gasteiger partial charge in [-0.3, -0.25) is 4.79 Å². The van der Waals surface area contributed by atoms with Gasteiger partial charge in [-0.1, -0.05) is 0 Å². The first-order valence-corrected chi connectivity index (χ1v) is 13.0. The number of benzene rings is 2. The van der Waals surface area contributed by atoms with Crippen molar-refractivity contribution in [2.45, 2.75) is 61.4 Å². The SMILES string of the molecule is O=C([O-])[C@H]1O[C@@H](O[C@H]2[C@H](Oc3cc(O)c4c(=O)cc(-c5ccc(O)c(O)c5)oc4c3)O[C@H](C(=O)[O-])[C@@H](O)[C@@H]2O)[C@H](O)[C@@H](O)[C@@H]1O. The predicted octanol–water partition coefficient (Wildman–Crippen LogP) is -4.91. The van der Waals surface area contributed by atoms with Crippen LogP contribution in [-0.4, -0.2) is 114 Å². The third kappa shape index (κ3) is 5.95. The van der Waals surface area contributed by atoms with Crippen molar-refractivity contribution >= 4 is 22.9 Å². The normalized spacial score (nSPS) is 31.8. The highest BCUT2D eigenvalue weighted by Crippen LogP contribution is 2.36. The fourth-order valence-corrected chi connectivity index (χ4v) is 4.85. The standard InChI is InChI=1S/C27H26O18/c28-9-2-1-7(3-10(9)29)13-6-12(31)15-11(30)4-8(5-14(15)42-13)41-27-23(19(35)18(34)22(44-27)25(39)40)45-26-20(36)16(32)17(33)21(43-26)24(37)38/h1-6,16-23,26-30,32-36H,(H,37,38)(H,39,40)/p-2/t16-,17-,18-,19-,20+,21-,22-,23+,26-,27+/m0/s1. The maximum Gasteiger partial charge on any atom is 0.229 e. The molecule has 3 heterocycles. The lowest BCUT2D eigenvalue weighted by molar-refractivity contribution is -0.378. The number of hydrogen-bond donors (Lipinski definition) is 8. The topological polar surface area (TPSA) is 309 Å². The van der Waals surface area contributed by atoms with Crippen LogP contribution in [0.2, 0.25) is 0 Å². The summed E-state index contributed by atoms with van der Waals surface area (Å²) in [5, 5.41) is 104. The molecule has 2 saturated heterocycles. The van der Waals surface area contributed by atoms with Crippen molar-refractivity contribution < 1.29 is 84.0 Å². The highest BCUT2D eigenvalue weighted by atomic mass is 16.8. The molecule has 0 aliphatic carbocycles. The monoisotopic (exact) mass is 636 g/mol. The molecule has 18 heteroatoms. The lowest BCUT2D eigenvalue weighted by atomic mass is 9.97. The van der Waals surface area contributed by atoms with E-state index in [1.807, 2.05) is 0 Å². The van der Waals surface area contributed by atoms with Gasteiger partial charge < -0.3 is 84.0 Å². The van der Waals surface area contributed by atoms with Crippen LogP contribution in [0.1, 0.15) is 0 Å². The van der Waals surface area contributed by atoms with Gasteiger partial charge in [-0.15, -0.1) is 0 Å². The molecular weight excluding hydrogens is 612 g/mol. The first-order chi connectivity index (χ1) is 21.2. The number of carbonyl (C=O) groups is 2. The molecule has 10 atom stereocenters. The van der Waals surface area contributed by atoms with E-state index < -0.39 is 102 Å². The summed E-state index contributed by atoms with van der Waals surface area (Å²) in [6.45, 7) is 0. The first kappa shape index (κ1) is 31.9. The zero-order chi connectivity index (χ0) is 32.9. The quantitative estimate of drug-likeness (QED) is 0.113. The number of rotatable bonds is 7. The summed E-state index contributed by atoms with van der Waals surface area (Å²) in [4.78, 5) is 35.8. The molecule has 5 rings (SSSR count). The predicted molar refractivity (Wildman–Crippen MR) is 136 cm³/mol. The van der Waals surface area contributed by atoms with Crippen LogP contribution < -0.4 is 20.4 Å². The van der Waals surface area contributed by atoms with E-state index in [2.05, 4.69) is 0 Å². The lowest BCUT2D eigenvalue weighted by Gasteiger charge is -2.46. The first-order valence-electron chi connectivity index (χ1n) is 13.0. The van der Waals surface area contributed by atoms with Gasteiger partial charge in [0.25, 0.3) is 0 Å². The number of ether oxygens (including phenoxy) is 4. The van der Waals surface area contributed by atoms with Crippen LogP contribution in [0.4, 0.5) is 0 Å².